The van der Waals surface area contributed by atoms with Crippen molar-refractivity contribution >= 4 is 28.4 Å². The molecule has 1 saturated heterocycles. The summed E-state index contributed by atoms with van der Waals surface area (Å²) < 4.78 is 0. The lowest BCUT2D eigenvalue weighted by molar-refractivity contribution is -0.130. The van der Waals surface area contributed by atoms with Gasteiger partial charge in [-0.05, 0) is 42.2 Å². The molecule has 120 valence electrons. The van der Waals surface area contributed by atoms with Gasteiger partial charge < -0.3 is 15.5 Å². The van der Waals surface area contributed by atoms with Crippen molar-refractivity contribution in [1.29, 1.82) is 0 Å². The Bertz CT molecular complexity index is 708. The van der Waals surface area contributed by atoms with Gasteiger partial charge in [0.2, 0.25) is 5.91 Å². The average Bonchev–Trinajstić information content (AvgIpc) is 2.60. The summed E-state index contributed by atoms with van der Waals surface area (Å²) in [6, 6.07) is 13.3. The summed E-state index contributed by atoms with van der Waals surface area (Å²) in [4.78, 5) is 25.8. The maximum atomic E-state index is 12.0. The average molecular weight is 311 g/mol. The molecular formula is C18H21N3O2. The number of benzene rings is 2. The Hall–Kier alpha value is -2.56. The number of likely N-dealkylation sites (tertiary alicyclic amines) is 1. The van der Waals surface area contributed by atoms with Gasteiger partial charge in [-0.2, -0.15) is 0 Å². The zero-order valence-corrected chi connectivity index (χ0v) is 13.0. The van der Waals surface area contributed by atoms with Crippen molar-refractivity contribution in [3.63, 3.8) is 0 Å². The van der Waals surface area contributed by atoms with Crippen molar-refractivity contribution in [3.8, 4) is 0 Å². The van der Waals surface area contributed by atoms with Crippen molar-refractivity contribution in [1.82, 2.24) is 10.2 Å². The smallest absolute Gasteiger partial charge is 0.319 e. The molecule has 0 atom stereocenters. The van der Waals surface area contributed by atoms with Crippen LogP contribution in [-0.4, -0.2) is 36.5 Å². The molecule has 5 nitrogen and oxygen atoms in total. The van der Waals surface area contributed by atoms with Crippen LogP contribution in [0.15, 0.2) is 42.5 Å². The molecule has 2 N–H and O–H groups in total. The van der Waals surface area contributed by atoms with Crippen LogP contribution in [-0.2, 0) is 4.79 Å². The molecule has 2 aromatic carbocycles. The second-order valence-corrected chi connectivity index (χ2v) is 5.81. The quantitative estimate of drug-likeness (QED) is 0.915. The molecule has 2 aromatic rings. The Morgan fingerprint density at radius 3 is 2.48 bits per heavy atom. The number of rotatable bonds is 3. The number of urea groups is 1. The van der Waals surface area contributed by atoms with E-state index in [1.165, 1.54) is 6.42 Å². The van der Waals surface area contributed by atoms with Crippen molar-refractivity contribution in [2.45, 2.75) is 19.3 Å². The van der Waals surface area contributed by atoms with Gasteiger partial charge >= 0.3 is 6.03 Å². The second kappa shape index (κ2) is 7.13. The number of carbonyl (C=O) groups is 2. The minimum atomic E-state index is -0.356. The van der Waals surface area contributed by atoms with E-state index in [1.807, 2.05) is 47.4 Å². The highest BCUT2D eigenvalue weighted by Crippen LogP contribution is 2.18. The van der Waals surface area contributed by atoms with Crippen LogP contribution in [0.1, 0.15) is 19.3 Å². The predicted molar refractivity (Wildman–Crippen MR) is 91.4 cm³/mol. The molecule has 0 aromatic heterocycles. The van der Waals surface area contributed by atoms with Gasteiger partial charge in [0.05, 0.1) is 6.54 Å². The van der Waals surface area contributed by atoms with Crippen LogP contribution in [0.2, 0.25) is 0 Å². The number of anilines is 1. The summed E-state index contributed by atoms with van der Waals surface area (Å²) in [5.74, 6) is -0.0154. The molecule has 0 spiro atoms. The highest BCUT2D eigenvalue weighted by atomic mass is 16.2. The van der Waals surface area contributed by atoms with E-state index in [0.29, 0.717) is 5.69 Å². The van der Waals surface area contributed by atoms with Gasteiger partial charge in [0, 0.05) is 18.8 Å². The molecule has 1 fully saturated rings. The molecule has 5 heteroatoms. The molecule has 1 aliphatic heterocycles. The van der Waals surface area contributed by atoms with Gasteiger partial charge in [-0.3, -0.25) is 4.79 Å². The number of fused-ring (bicyclic) bond motifs is 1. The van der Waals surface area contributed by atoms with Crippen LogP contribution in [0.4, 0.5) is 10.5 Å². The lowest BCUT2D eigenvalue weighted by Gasteiger charge is -2.26. The summed E-state index contributed by atoms with van der Waals surface area (Å²) in [5.41, 5.74) is 0.714. The molecule has 0 radical (unpaired) electrons. The zero-order valence-electron chi connectivity index (χ0n) is 13.0. The molecular weight excluding hydrogens is 290 g/mol. The largest absolute Gasteiger partial charge is 0.341 e. The number of nitrogens with zero attached hydrogens (tertiary/aromatic N) is 1. The van der Waals surface area contributed by atoms with E-state index >= 15 is 0 Å². The Morgan fingerprint density at radius 2 is 1.70 bits per heavy atom. The number of piperidine rings is 1. The van der Waals surface area contributed by atoms with Crippen LogP contribution in [0, 0.1) is 0 Å². The molecule has 1 aliphatic rings. The molecule has 0 bridgehead atoms. The van der Waals surface area contributed by atoms with Crippen LogP contribution in [0.25, 0.3) is 10.8 Å². The van der Waals surface area contributed by atoms with Crippen molar-refractivity contribution in [3.05, 3.63) is 42.5 Å². The molecule has 0 aliphatic carbocycles. The lowest BCUT2D eigenvalue weighted by Crippen LogP contribution is -2.43. The summed E-state index contributed by atoms with van der Waals surface area (Å²) in [6.45, 7) is 1.64. The minimum Gasteiger partial charge on any atom is -0.341 e. The number of hydrogen-bond acceptors (Lipinski definition) is 2. The van der Waals surface area contributed by atoms with Gasteiger partial charge in [0.25, 0.3) is 0 Å². The minimum absolute atomic E-state index is 0.0154. The maximum Gasteiger partial charge on any atom is 0.319 e. The highest BCUT2D eigenvalue weighted by Gasteiger charge is 2.16. The first-order valence-electron chi connectivity index (χ1n) is 8.04. The van der Waals surface area contributed by atoms with Crippen LogP contribution >= 0.6 is 0 Å². The predicted octanol–water partition coefficient (Wildman–Crippen LogP) is 2.97. The Kier molecular flexibility index (Phi) is 4.76. The molecule has 3 amide bonds. The van der Waals surface area contributed by atoms with Gasteiger partial charge in [-0.1, -0.05) is 30.3 Å². The van der Waals surface area contributed by atoms with Gasteiger partial charge in [-0.15, -0.1) is 0 Å². The third-order valence-corrected chi connectivity index (χ3v) is 4.12. The molecule has 23 heavy (non-hydrogen) atoms. The summed E-state index contributed by atoms with van der Waals surface area (Å²) in [5, 5.41) is 7.59. The second-order valence-electron chi connectivity index (χ2n) is 5.81. The van der Waals surface area contributed by atoms with E-state index in [0.717, 1.165) is 36.7 Å². The van der Waals surface area contributed by atoms with E-state index in [-0.39, 0.29) is 18.5 Å². The third kappa shape index (κ3) is 4.00. The van der Waals surface area contributed by atoms with Crippen molar-refractivity contribution in [2.75, 3.05) is 25.0 Å². The topological polar surface area (TPSA) is 61.4 Å². The standard InChI is InChI=1S/C18H21N3O2/c22-17(21-10-4-1-5-11-21)13-19-18(23)20-16-9-8-14-6-2-3-7-15(14)12-16/h2-3,6-9,12H,1,4-5,10-11,13H2,(H2,19,20,23). The Balaban J connectivity index is 1.52. The van der Waals surface area contributed by atoms with Crippen LogP contribution in [0.3, 0.4) is 0 Å². The first-order chi connectivity index (χ1) is 11.2. The molecule has 1 heterocycles. The highest BCUT2D eigenvalue weighted by molar-refractivity contribution is 5.95. The van der Waals surface area contributed by atoms with Gasteiger partial charge in [0.1, 0.15) is 0 Å². The maximum absolute atomic E-state index is 12.0. The summed E-state index contributed by atoms with van der Waals surface area (Å²) >= 11 is 0. The number of amides is 3. The first-order valence-corrected chi connectivity index (χ1v) is 8.04. The molecule has 3 rings (SSSR count). The fourth-order valence-corrected chi connectivity index (χ4v) is 2.85. The normalized spacial score (nSPS) is 14.5. The van der Waals surface area contributed by atoms with E-state index in [2.05, 4.69) is 10.6 Å². The fourth-order valence-electron chi connectivity index (χ4n) is 2.85. The zero-order chi connectivity index (χ0) is 16.1. The van der Waals surface area contributed by atoms with Crippen LogP contribution < -0.4 is 10.6 Å². The van der Waals surface area contributed by atoms with Crippen molar-refractivity contribution in [2.24, 2.45) is 0 Å². The number of nitrogens with one attached hydrogen (secondary N) is 2. The van der Waals surface area contributed by atoms with E-state index in [9.17, 15) is 9.59 Å². The summed E-state index contributed by atoms with van der Waals surface area (Å²) in [7, 11) is 0. The summed E-state index contributed by atoms with van der Waals surface area (Å²) in [6.07, 6.45) is 3.28. The fraction of sp³-hybridized carbons (Fsp3) is 0.333. The Labute approximate surface area is 135 Å². The van der Waals surface area contributed by atoms with Gasteiger partial charge in [0.15, 0.2) is 0 Å². The van der Waals surface area contributed by atoms with Crippen LogP contribution in [0.5, 0.6) is 0 Å². The van der Waals surface area contributed by atoms with E-state index in [1.54, 1.807) is 0 Å². The van der Waals surface area contributed by atoms with Gasteiger partial charge in [-0.25, -0.2) is 4.79 Å². The Morgan fingerprint density at radius 1 is 0.957 bits per heavy atom. The number of hydrogen-bond donors (Lipinski definition) is 2. The van der Waals surface area contributed by atoms with Crippen molar-refractivity contribution < 1.29 is 9.59 Å². The monoisotopic (exact) mass is 311 g/mol. The molecule has 0 saturated carbocycles. The van der Waals surface area contributed by atoms with E-state index in [4.69, 9.17) is 0 Å². The SMILES string of the molecule is O=C(NCC(=O)N1CCCCC1)Nc1ccc2ccccc2c1. The first kappa shape index (κ1) is 15.3. The molecule has 0 unspecified atom stereocenters. The number of carbonyl (C=O) groups excluding carboxylic acids is 2. The lowest BCUT2D eigenvalue weighted by atomic mass is 10.1. The van der Waals surface area contributed by atoms with E-state index < -0.39 is 0 Å². The third-order valence-electron chi connectivity index (χ3n) is 4.12.